The third-order valence-electron chi connectivity index (χ3n) is 5.77. The molecule has 15 heteroatoms. The first kappa shape index (κ1) is 26.5. The first-order valence-electron chi connectivity index (χ1n) is 11.0. The number of nitrogens with one attached hydrogen (secondary N) is 1. The number of ether oxygens (including phenoxy) is 2. The molecule has 196 valence electrons. The van der Waals surface area contributed by atoms with E-state index in [2.05, 4.69) is 19.9 Å². The van der Waals surface area contributed by atoms with Gasteiger partial charge in [-0.05, 0) is 31.2 Å². The fourth-order valence-corrected chi connectivity index (χ4v) is 5.40. The molecule has 1 aliphatic rings. The van der Waals surface area contributed by atoms with Gasteiger partial charge >= 0.3 is 13.7 Å². The highest BCUT2D eigenvalue weighted by Gasteiger charge is 2.58. The summed E-state index contributed by atoms with van der Waals surface area (Å²) in [6, 6.07) is 11.9. The summed E-state index contributed by atoms with van der Waals surface area (Å²) in [5, 5.41) is 38.2. The van der Waals surface area contributed by atoms with E-state index in [-0.39, 0.29) is 17.3 Å². The molecule has 37 heavy (non-hydrogen) atoms. The number of aromatic nitrogens is 3. The molecule has 1 fully saturated rings. The lowest BCUT2D eigenvalue weighted by Gasteiger charge is -2.25. The topological polar surface area (TPSA) is 204 Å². The van der Waals surface area contributed by atoms with E-state index in [0.29, 0.717) is 5.52 Å². The number of benzene rings is 1. The number of para-hydroxylation sites is 1. The third kappa shape index (κ3) is 5.01. The van der Waals surface area contributed by atoms with Crippen molar-refractivity contribution in [3.05, 3.63) is 54.5 Å². The molecule has 2 unspecified atom stereocenters. The number of carbonyl (C=O) groups excluding carboxylic acids is 1. The summed E-state index contributed by atoms with van der Waals surface area (Å²) in [5.41, 5.74) is 4.24. The van der Waals surface area contributed by atoms with Crippen LogP contribution < -0.4 is 15.3 Å². The van der Waals surface area contributed by atoms with Crippen LogP contribution in [0.15, 0.2) is 48.8 Å². The van der Waals surface area contributed by atoms with Gasteiger partial charge in [0.05, 0.1) is 19.4 Å². The molecule has 4 rings (SSSR count). The Hall–Kier alpha value is -3.57. The van der Waals surface area contributed by atoms with Gasteiger partial charge in [-0.25, -0.2) is 14.1 Å². The summed E-state index contributed by atoms with van der Waals surface area (Å²) in [4.78, 5) is 15.8. The molecule has 0 spiro atoms. The summed E-state index contributed by atoms with van der Waals surface area (Å²) < 4.78 is 36.4. The molecule has 3 heterocycles. The molecule has 0 aliphatic carbocycles. The number of esters is 1. The Kier molecular flexibility index (Phi) is 7.47. The van der Waals surface area contributed by atoms with E-state index in [9.17, 15) is 24.8 Å². The summed E-state index contributed by atoms with van der Waals surface area (Å²) in [7, 11) is -3.10. The number of hydrogen-bond donors (Lipinski definition) is 4. The molecule has 0 saturated carbocycles. The van der Waals surface area contributed by atoms with Gasteiger partial charge in [0, 0.05) is 0 Å². The average molecular weight is 532 g/mol. The van der Waals surface area contributed by atoms with Gasteiger partial charge in [0.2, 0.25) is 5.60 Å². The Morgan fingerprint density at radius 1 is 1.35 bits per heavy atom. The molecular formula is C22H25N6O8P. The molecule has 5 N–H and O–H groups in total. The predicted octanol–water partition coefficient (Wildman–Crippen LogP) is 0.506. The predicted molar refractivity (Wildman–Crippen MR) is 127 cm³/mol. The highest BCUT2D eigenvalue weighted by molar-refractivity contribution is 7.52. The van der Waals surface area contributed by atoms with Crippen molar-refractivity contribution in [1.29, 1.82) is 5.26 Å². The second-order valence-corrected chi connectivity index (χ2v) is 9.87. The van der Waals surface area contributed by atoms with Crippen molar-refractivity contribution in [1.82, 2.24) is 19.7 Å². The molecule has 1 aromatic carbocycles. The molecule has 0 bridgehead atoms. The number of fused-ring (bicyclic) bond motifs is 1. The fourth-order valence-electron chi connectivity index (χ4n) is 3.90. The number of hydrogen-bond acceptors (Lipinski definition) is 12. The molecule has 0 radical (unpaired) electrons. The van der Waals surface area contributed by atoms with Crippen LogP contribution in [0.25, 0.3) is 5.52 Å². The van der Waals surface area contributed by atoms with Gasteiger partial charge in [-0.3, -0.25) is 9.32 Å². The molecule has 2 aromatic heterocycles. The van der Waals surface area contributed by atoms with E-state index in [1.807, 2.05) is 6.07 Å². The number of aliphatic hydroxyl groups is 2. The van der Waals surface area contributed by atoms with E-state index in [0.717, 1.165) is 0 Å². The molecule has 6 atom stereocenters. The molecule has 3 aromatic rings. The number of methoxy groups -OCH3 is 1. The monoisotopic (exact) mass is 532 g/mol. The van der Waals surface area contributed by atoms with Gasteiger partial charge in [-0.1, -0.05) is 18.2 Å². The van der Waals surface area contributed by atoms with Crippen LogP contribution in [-0.2, 0) is 29.0 Å². The van der Waals surface area contributed by atoms with Gasteiger partial charge in [0.15, 0.2) is 5.82 Å². The van der Waals surface area contributed by atoms with Crippen LogP contribution in [0, 0.1) is 11.3 Å². The number of nitrogens with zero attached hydrogens (tertiary/aromatic N) is 4. The van der Waals surface area contributed by atoms with Crippen LogP contribution >= 0.6 is 7.75 Å². The van der Waals surface area contributed by atoms with E-state index in [1.165, 1.54) is 49.1 Å². The summed E-state index contributed by atoms with van der Waals surface area (Å²) in [5.74, 6) is -0.420. The van der Waals surface area contributed by atoms with Crippen molar-refractivity contribution < 1.29 is 38.1 Å². The molecule has 1 aliphatic heterocycles. The van der Waals surface area contributed by atoms with Gasteiger partial charge in [0.1, 0.15) is 48.0 Å². The molecule has 14 nitrogen and oxygen atoms in total. The fraction of sp³-hybridized carbons (Fsp3) is 0.364. The third-order valence-corrected chi connectivity index (χ3v) is 7.41. The van der Waals surface area contributed by atoms with Crippen LogP contribution in [0.5, 0.6) is 5.75 Å². The van der Waals surface area contributed by atoms with Crippen LogP contribution in [0.2, 0.25) is 0 Å². The van der Waals surface area contributed by atoms with Gasteiger partial charge in [-0.15, -0.1) is 0 Å². The van der Waals surface area contributed by atoms with Crippen molar-refractivity contribution >= 4 is 25.1 Å². The molecule has 0 amide bonds. The minimum absolute atomic E-state index is 0.0920. The molecule has 1 saturated heterocycles. The lowest BCUT2D eigenvalue weighted by atomic mass is 9.92. The molecular weight excluding hydrogens is 507 g/mol. The number of rotatable bonds is 9. The number of nitriles is 1. The van der Waals surface area contributed by atoms with Crippen molar-refractivity contribution in [2.75, 3.05) is 19.5 Å². The maximum atomic E-state index is 13.6. The Morgan fingerprint density at radius 2 is 2.08 bits per heavy atom. The Morgan fingerprint density at radius 3 is 2.76 bits per heavy atom. The van der Waals surface area contributed by atoms with Gasteiger partial charge in [0.25, 0.3) is 0 Å². The zero-order valence-corrected chi connectivity index (χ0v) is 20.7. The largest absolute Gasteiger partial charge is 0.468 e. The zero-order chi connectivity index (χ0) is 26.8. The smallest absolute Gasteiger partial charge is 0.459 e. The highest BCUT2D eigenvalue weighted by atomic mass is 31.2. The summed E-state index contributed by atoms with van der Waals surface area (Å²) in [6.07, 6.45) is -3.53. The maximum Gasteiger partial charge on any atom is 0.459 e. The van der Waals surface area contributed by atoms with E-state index >= 15 is 0 Å². The standard InChI is InChI=1S/C22H25N6O8P/c1-13(21(31)33-2)27-37(32,36-14-6-4-3-5-7-14)34-10-16-18(29)19(30)22(11-23,35-16)17-9-8-15-20(24)25-12-26-28(15)17/h3-9,12-13,16,18-19,29-30H,10H2,1-2H3,(H,27,32)(H2,24,25,26)/t13?,16-,18-,19-,22+,37?/m1/s1. The lowest BCUT2D eigenvalue weighted by Crippen LogP contribution is -2.41. The van der Waals surface area contributed by atoms with Crippen molar-refractivity contribution in [3.63, 3.8) is 0 Å². The van der Waals surface area contributed by atoms with Crippen LogP contribution in [0.3, 0.4) is 0 Å². The normalized spacial score (nSPS) is 25.8. The Balaban J connectivity index is 1.59. The zero-order valence-electron chi connectivity index (χ0n) is 19.8. The van der Waals surface area contributed by atoms with Crippen molar-refractivity contribution in [2.24, 2.45) is 0 Å². The number of nitrogens with two attached hydrogens (primary N) is 1. The van der Waals surface area contributed by atoms with Crippen LogP contribution in [0.4, 0.5) is 5.82 Å². The summed E-state index contributed by atoms with van der Waals surface area (Å²) in [6.45, 7) is 0.806. The minimum Gasteiger partial charge on any atom is -0.468 e. The second-order valence-electron chi connectivity index (χ2n) is 8.17. The first-order valence-corrected chi connectivity index (χ1v) is 12.6. The second kappa shape index (κ2) is 10.4. The van der Waals surface area contributed by atoms with Crippen molar-refractivity contribution in [2.45, 2.75) is 36.9 Å². The minimum atomic E-state index is -4.27. The maximum absolute atomic E-state index is 13.6. The SMILES string of the molecule is COC(=O)C(C)NP(=O)(OC[C@H]1O[C@@](C#N)(c2ccc3c(N)ncnn23)[C@H](O)[C@@H]1O)Oc1ccccc1. The lowest BCUT2D eigenvalue weighted by molar-refractivity contribution is -0.142. The van der Waals surface area contributed by atoms with Crippen LogP contribution in [0.1, 0.15) is 12.6 Å². The average Bonchev–Trinajstić information content (AvgIpc) is 3.43. The number of nitrogen functional groups attached to an aromatic ring is 1. The number of aliphatic hydroxyl groups excluding tert-OH is 2. The number of carbonyl (C=O) groups is 1. The van der Waals surface area contributed by atoms with Gasteiger partial charge < -0.3 is 29.9 Å². The Bertz CT molecular complexity index is 1360. The van der Waals surface area contributed by atoms with Crippen LogP contribution in [-0.4, -0.2) is 68.9 Å². The van der Waals surface area contributed by atoms with E-state index in [1.54, 1.807) is 18.2 Å². The first-order chi connectivity index (χ1) is 17.6. The summed E-state index contributed by atoms with van der Waals surface area (Å²) >= 11 is 0. The number of anilines is 1. The van der Waals surface area contributed by atoms with Gasteiger partial charge in [-0.2, -0.15) is 15.4 Å². The highest BCUT2D eigenvalue weighted by Crippen LogP contribution is 2.47. The van der Waals surface area contributed by atoms with Crippen molar-refractivity contribution in [3.8, 4) is 11.8 Å². The Labute approximate surface area is 211 Å². The van der Waals surface area contributed by atoms with E-state index in [4.69, 9.17) is 19.5 Å². The quantitative estimate of drug-likeness (QED) is 0.219. The van der Waals surface area contributed by atoms with E-state index < -0.39 is 50.3 Å².